The molecule has 0 radical (unpaired) electrons. The molecule has 21 heavy (non-hydrogen) atoms. The number of amides is 1. The molecule has 0 atom stereocenters. The number of halogens is 2. The van der Waals surface area contributed by atoms with Crippen molar-refractivity contribution in [3.8, 4) is 0 Å². The van der Waals surface area contributed by atoms with Gasteiger partial charge in [0.25, 0.3) is 5.91 Å². The Bertz CT molecular complexity index is 674. The first kappa shape index (κ1) is 14.9. The zero-order valence-corrected chi connectivity index (χ0v) is 11.7. The Labute approximate surface area is 121 Å². The van der Waals surface area contributed by atoms with Crippen molar-refractivity contribution in [2.45, 2.75) is 13.5 Å². The molecule has 1 aromatic heterocycles. The number of hydrogen-bond donors (Lipinski definition) is 2. The molecule has 0 spiro atoms. The molecule has 4 nitrogen and oxygen atoms in total. The van der Waals surface area contributed by atoms with Crippen molar-refractivity contribution in [1.29, 1.82) is 0 Å². The molecule has 1 aromatic carbocycles. The quantitative estimate of drug-likeness (QED) is 0.910. The summed E-state index contributed by atoms with van der Waals surface area (Å²) in [5, 5.41) is 5.50. The maximum Gasteiger partial charge on any atom is 0.255 e. The number of anilines is 1. The van der Waals surface area contributed by atoms with E-state index in [2.05, 4.69) is 15.6 Å². The van der Waals surface area contributed by atoms with Crippen molar-refractivity contribution in [2.24, 2.45) is 0 Å². The molecule has 2 N–H and O–H groups in total. The van der Waals surface area contributed by atoms with Crippen LogP contribution in [0.2, 0.25) is 0 Å². The molecule has 0 saturated carbocycles. The van der Waals surface area contributed by atoms with Gasteiger partial charge in [-0.2, -0.15) is 0 Å². The van der Waals surface area contributed by atoms with Gasteiger partial charge in [-0.05, 0) is 19.1 Å². The van der Waals surface area contributed by atoms with E-state index < -0.39 is 11.6 Å². The highest BCUT2D eigenvalue weighted by atomic mass is 19.1. The molecule has 6 heteroatoms. The van der Waals surface area contributed by atoms with E-state index in [-0.39, 0.29) is 18.0 Å². The van der Waals surface area contributed by atoms with E-state index in [0.29, 0.717) is 11.3 Å². The fraction of sp³-hybridized carbons (Fsp3) is 0.200. The van der Waals surface area contributed by atoms with Gasteiger partial charge in [0.2, 0.25) is 0 Å². The van der Waals surface area contributed by atoms with Gasteiger partial charge in [0, 0.05) is 37.1 Å². The molecule has 0 fully saturated rings. The molecule has 0 unspecified atom stereocenters. The minimum absolute atomic E-state index is 0.0258. The average molecular weight is 291 g/mol. The molecule has 0 aliphatic heterocycles. The fourth-order valence-electron chi connectivity index (χ4n) is 1.88. The lowest BCUT2D eigenvalue weighted by atomic mass is 10.1. The summed E-state index contributed by atoms with van der Waals surface area (Å²) >= 11 is 0. The second kappa shape index (κ2) is 6.30. The highest BCUT2D eigenvalue weighted by Crippen LogP contribution is 2.15. The summed E-state index contributed by atoms with van der Waals surface area (Å²) in [6.07, 6.45) is 1.46. The van der Waals surface area contributed by atoms with Crippen LogP contribution in [0.15, 0.2) is 30.5 Å². The van der Waals surface area contributed by atoms with Gasteiger partial charge in [-0.3, -0.25) is 9.78 Å². The van der Waals surface area contributed by atoms with Gasteiger partial charge in [-0.15, -0.1) is 0 Å². The predicted molar refractivity (Wildman–Crippen MR) is 76.0 cm³/mol. The van der Waals surface area contributed by atoms with Crippen LogP contribution in [0.25, 0.3) is 0 Å². The molecule has 1 heterocycles. The van der Waals surface area contributed by atoms with Gasteiger partial charge < -0.3 is 10.6 Å². The van der Waals surface area contributed by atoms with E-state index in [1.54, 1.807) is 13.1 Å². The van der Waals surface area contributed by atoms with Crippen LogP contribution in [0, 0.1) is 18.6 Å². The number of aryl methyl sites for hydroxylation is 1. The Hall–Kier alpha value is -2.50. The molecule has 0 bridgehead atoms. The zero-order valence-electron chi connectivity index (χ0n) is 11.7. The SMILES string of the molecule is CNc1cc(C)ncc1C(=O)NCc1ccc(F)cc1F. The largest absolute Gasteiger partial charge is 0.387 e. The van der Waals surface area contributed by atoms with Gasteiger partial charge in [-0.1, -0.05) is 6.07 Å². The normalized spacial score (nSPS) is 10.3. The Balaban J connectivity index is 2.11. The lowest BCUT2D eigenvalue weighted by Crippen LogP contribution is -2.24. The first-order valence-electron chi connectivity index (χ1n) is 6.38. The van der Waals surface area contributed by atoms with Crippen molar-refractivity contribution in [1.82, 2.24) is 10.3 Å². The van der Waals surface area contributed by atoms with Crippen molar-refractivity contribution in [3.05, 3.63) is 58.9 Å². The fourth-order valence-corrected chi connectivity index (χ4v) is 1.88. The lowest BCUT2D eigenvalue weighted by Gasteiger charge is -2.10. The molecular weight excluding hydrogens is 276 g/mol. The molecular formula is C15H15F2N3O. The summed E-state index contributed by atoms with van der Waals surface area (Å²) in [6.45, 7) is 1.79. The van der Waals surface area contributed by atoms with Gasteiger partial charge in [0.05, 0.1) is 11.3 Å². The summed E-state index contributed by atoms with van der Waals surface area (Å²) in [6, 6.07) is 4.98. The van der Waals surface area contributed by atoms with E-state index in [9.17, 15) is 13.6 Å². The van der Waals surface area contributed by atoms with Crippen LogP contribution in [0.4, 0.5) is 14.5 Å². The number of carbonyl (C=O) groups excluding carboxylic acids is 1. The Kier molecular flexibility index (Phi) is 4.47. The highest BCUT2D eigenvalue weighted by molar-refractivity contribution is 5.99. The van der Waals surface area contributed by atoms with Crippen LogP contribution in [0.1, 0.15) is 21.6 Å². The minimum atomic E-state index is -0.689. The van der Waals surface area contributed by atoms with Gasteiger partial charge in [0.1, 0.15) is 11.6 Å². The zero-order chi connectivity index (χ0) is 15.4. The van der Waals surface area contributed by atoms with Gasteiger partial charge >= 0.3 is 0 Å². The smallest absolute Gasteiger partial charge is 0.255 e. The predicted octanol–water partition coefficient (Wildman–Crippen LogP) is 2.64. The van der Waals surface area contributed by atoms with E-state index in [1.165, 1.54) is 12.3 Å². The number of aromatic nitrogens is 1. The van der Waals surface area contributed by atoms with E-state index in [1.807, 2.05) is 6.92 Å². The van der Waals surface area contributed by atoms with Crippen LogP contribution in [0.3, 0.4) is 0 Å². The van der Waals surface area contributed by atoms with Crippen molar-refractivity contribution < 1.29 is 13.6 Å². The number of rotatable bonds is 4. The monoisotopic (exact) mass is 291 g/mol. The van der Waals surface area contributed by atoms with Crippen LogP contribution in [0.5, 0.6) is 0 Å². The number of pyridine rings is 1. The van der Waals surface area contributed by atoms with Crippen LogP contribution in [-0.2, 0) is 6.54 Å². The third-order valence-electron chi connectivity index (χ3n) is 3.01. The van der Waals surface area contributed by atoms with E-state index in [4.69, 9.17) is 0 Å². The second-order valence-electron chi connectivity index (χ2n) is 4.54. The summed E-state index contributed by atoms with van der Waals surface area (Å²) in [5.41, 5.74) is 2.00. The maximum absolute atomic E-state index is 13.5. The first-order valence-corrected chi connectivity index (χ1v) is 6.38. The first-order chi connectivity index (χ1) is 10.0. The van der Waals surface area contributed by atoms with E-state index >= 15 is 0 Å². The molecule has 0 aliphatic carbocycles. The van der Waals surface area contributed by atoms with Gasteiger partial charge in [-0.25, -0.2) is 8.78 Å². The molecule has 2 aromatic rings. The molecule has 0 aliphatic rings. The Morgan fingerprint density at radius 2 is 2.05 bits per heavy atom. The van der Waals surface area contributed by atoms with Crippen LogP contribution < -0.4 is 10.6 Å². The Morgan fingerprint density at radius 3 is 2.71 bits per heavy atom. The number of nitrogens with zero attached hydrogens (tertiary/aromatic N) is 1. The minimum Gasteiger partial charge on any atom is -0.387 e. The molecule has 0 saturated heterocycles. The lowest BCUT2D eigenvalue weighted by molar-refractivity contribution is 0.0951. The van der Waals surface area contributed by atoms with Crippen LogP contribution in [-0.4, -0.2) is 17.9 Å². The number of benzene rings is 1. The third-order valence-corrected chi connectivity index (χ3v) is 3.01. The van der Waals surface area contributed by atoms with Crippen molar-refractivity contribution >= 4 is 11.6 Å². The van der Waals surface area contributed by atoms with Crippen molar-refractivity contribution in [3.63, 3.8) is 0 Å². The van der Waals surface area contributed by atoms with Crippen molar-refractivity contribution in [2.75, 3.05) is 12.4 Å². The average Bonchev–Trinajstić information content (AvgIpc) is 2.45. The third kappa shape index (κ3) is 3.53. The van der Waals surface area contributed by atoms with Gasteiger partial charge in [0.15, 0.2) is 0 Å². The highest BCUT2D eigenvalue weighted by Gasteiger charge is 2.12. The topological polar surface area (TPSA) is 54.0 Å². The Morgan fingerprint density at radius 1 is 1.29 bits per heavy atom. The summed E-state index contributed by atoms with van der Waals surface area (Å²) < 4.78 is 26.3. The number of hydrogen-bond acceptors (Lipinski definition) is 3. The molecule has 2 rings (SSSR count). The number of nitrogens with one attached hydrogen (secondary N) is 2. The van der Waals surface area contributed by atoms with Crippen LogP contribution >= 0.6 is 0 Å². The van der Waals surface area contributed by atoms with E-state index in [0.717, 1.165) is 17.8 Å². The summed E-state index contributed by atoms with van der Waals surface area (Å²) in [5.74, 6) is -1.72. The number of carbonyl (C=O) groups is 1. The maximum atomic E-state index is 13.5. The molecule has 110 valence electrons. The summed E-state index contributed by atoms with van der Waals surface area (Å²) in [7, 11) is 1.70. The summed E-state index contributed by atoms with van der Waals surface area (Å²) in [4.78, 5) is 16.2. The second-order valence-corrected chi connectivity index (χ2v) is 4.54. The molecule has 1 amide bonds. The standard InChI is InChI=1S/C15H15F2N3O/c1-9-5-14(18-2)12(8-19-9)15(21)20-7-10-3-4-11(16)6-13(10)17/h3-6,8H,7H2,1-2H3,(H,18,19)(H,20,21).